The zero-order valence-corrected chi connectivity index (χ0v) is 16.1. The third-order valence-electron chi connectivity index (χ3n) is 4.27. The predicted octanol–water partition coefficient (Wildman–Crippen LogP) is 1.55. The summed E-state index contributed by atoms with van der Waals surface area (Å²) in [5, 5.41) is 2.71. The van der Waals surface area contributed by atoms with E-state index in [0.29, 0.717) is 10.9 Å². The highest BCUT2D eigenvalue weighted by Crippen LogP contribution is 2.03. The quantitative estimate of drug-likeness (QED) is 0.429. The van der Waals surface area contributed by atoms with Crippen molar-refractivity contribution >= 4 is 23.0 Å². The molecule has 0 radical (unpaired) electrons. The number of alkyl carbamates (subject to hydrolysis) is 1. The molecule has 1 amide bonds. The molecule has 0 atom stereocenters. The molecule has 1 aromatic heterocycles. The molecule has 156 valence electrons. The zero-order chi connectivity index (χ0) is 21.3. The smallest absolute Gasteiger partial charge is 0.407 e. The Morgan fingerprint density at radius 3 is 2.50 bits per heavy atom. The van der Waals surface area contributed by atoms with Crippen molar-refractivity contribution < 1.29 is 19.1 Å². The maximum atomic E-state index is 12.4. The summed E-state index contributed by atoms with van der Waals surface area (Å²) in [6, 6.07) is 15.9. The van der Waals surface area contributed by atoms with E-state index in [1.54, 1.807) is 24.3 Å². The first-order valence-corrected chi connectivity index (χ1v) is 9.36. The fraction of sp³-hybridized carbons (Fsp3) is 0.238. The number of fused-ring (bicyclic) bond motifs is 1. The van der Waals surface area contributed by atoms with Crippen LogP contribution in [0.4, 0.5) is 4.79 Å². The highest BCUT2D eigenvalue weighted by atomic mass is 16.6. The molecular formula is C21H21N3O6. The van der Waals surface area contributed by atoms with Crippen molar-refractivity contribution in [1.29, 1.82) is 0 Å². The van der Waals surface area contributed by atoms with Crippen molar-refractivity contribution in [2.24, 2.45) is 0 Å². The highest BCUT2D eigenvalue weighted by Gasteiger charge is 2.09. The number of H-pyrrole nitrogens is 1. The third-order valence-corrected chi connectivity index (χ3v) is 4.27. The number of hydrogen-bond acceptors (Lipinski definition) is 6. The van der Waals surface area contributed by atoms with E-state index in [0.717, 1.165) is 10.1 Å². The topological polar surface area (TPSA) is 119 Å². The van der Waals surface area contributed by atoms with Crippen molar-refractivity contribution in [2.45, 2.75) is 19.6 Å². The van der Waals surface area contributed by atoms with Crippen LogP contribution in [0.1, 0.15) is 12.0 Å². The number of hydrogen-bond donors (Lipinski definition) is 2. The molecule has 0 saturated heterocycles. The maximum Gasteiger partial charge on any atom is 0.407 e. The van der Waals surface area contributed by atoms with Crippen LogP contribution < -0.4 is 16.6 Å². The summed E-state index contributed by atoms with van der Waals surface area (Å²) in [7, 11) is 0. The van der Waals surface area contributed by atoms with Gasteiger partial charge in [-0.25, -0.2) is 9.59 Å². The minimum atomic E-state index is -0.731. The normalized spacial score (nSPS) is 10.5. The average molecular weight is 411 g/mol. The fourth-order valence-corrected chi connectivity index (χ4v) is 2.78. The first-order chi connectivity index (χ1) is 14.5. The summed E-state index contributed by atoms with van der Waals surface area (Å²) < 4.78 is 11.1. The molecule has 3 rings (SSSR count). The number of aromatic amines is 1. The van der Waals surface area contributed by atoms with Crippen LogP contribution in [0, 0.1) is 0 Å². The number of amides is 1. The molecule has 0 aliphatic heterocycles. The van der Waals surface area contributed by atoms with Gasteiger partial charge in [-0.3, -0.25) is 14.2 Å². The summed E-state index contributed by atoms with van der Waals surface area (Å²) in [4.78, 5) is 50.4. The van der Waals surface area contributed by atoms with Crippen LogP contribution >= 0.6 is 0 Å². The number of carbonyl (C=O) groups excluding carboxylic acids is 2. The SMILES string of the molecule is O=C(CNC(=O)OCc1ccccc1)OCCCn1c(=O)[nH]c2ccccc2c1=O. The summed E-state index contributed by atoms with van der Waals surface area (Å²) >= 11 is 0. The number of nitrogens with one attached hydrogen (secondary N) is 2. The largest absolute Gasteiger partial charge is 0.464 e. The van der Waals surface area contributed by atoms with Crippen LogP contribution in [-0.4, -0.2) is 34.8 Å². The summed E-state index contributed by atoms with van der Waals surface area (Å²) in [5.41, 5.74) is 0.380. The lowest BCUT2D eigenvalue weighted by Gasteiger charge is -2.09. The second-order valence-corrected chi connectivity index (χ2v) is 6.42. The van der Waals surface area contributed by atoms with E-state index in [2.05, 4.69) is 10.3 Å². The van der Waals surface area contributed by atoms with E-state index >= 15 is 0 Å². The van der Waals surface area contributed by atoms with Crippen molar-refractivity contribution in [3.63, 3.8) is 0 Å². The highest BCUT2D eigenvalue weighted by molar-refractivity contribution is 5.78. The van der Waals surface area contributed by atoms with Crippen LogP contribution in [-0.2, 0) is 27.4 Å². The molecular weight excluding hydrogens is 390 g/mol. The van der Waals surface area contributed by atoms with Gasteiger partial charge in [0.1, 0.15) is 13.2 Å². The van der Waals surface area contributed by atoms with Gasteiger partial charge >= 0.3 is 17.8 Å². The predicted molar refractivity (Wildman–Crippen MR) is 109 cm³/mol. The van der Waals surface area contributed by atoms with Crippen LogP contribution in [0.25, 0.3) is 10.9 Å². The number of rotatable bonds is 8. The number of aromatic nitrogens is 2. The van der Waals surface area contributed by atoms with Gasteiger partial charge in [-0.2, -0.15) is 0 Å². The van der Waals surface area contributed by atoms with Gasteiger partial charge in [-0.1, -0.05) is 42.5 Å². The van der Waals surface area contributed by atoms with Gasteiger partial charge in [-0.15, -0.1) is 0 Å². The van der Waals surface area contributed by atoms with E-state index in [-0.39, 0.29) is 32.7 Å². The molecule has 9 nitrogen and oxygen atoms in total. The lowest BCUT2D eigenvalue weighted by atomic mass is 10.2. The second kappa shape index (κ2) is 10.1. The first kappa shape index (κ1) is 20.8. The molecule has 0 bridgehead atoms. The molecule has 0 unspecified atom stereocenters. The number of ether oxygens (including phenoxy) is 2. The van der Waals surface area contributed by atoms with Gasteiger partial charge in [0.15, 0.2) is 0 Å². The number of benzene rings is 2. The van der Waals surface area contributed by atoms with E-state index < -0.39 is 23.3 Å². The Bertz CT molecular complexity index is 1140. The summed E-state index contributed by atoms with van der Waals surface area (Å²) in [6.45, 7) is -0.155. The minimum Gasteiger partial charge on any atom is -0.464 e. The van der Waals surface area contributed by atoms with Gasteiger partial charge in [0.2, 0.25) is 0 Å². The van der Waals surface area contributed by atoms with Crippen molar-refractivity contribution in [3.05, 3.63) is 81.0 Å². The van der Waals surface area contributed by atoms with Gasteiger partial charge in [0.25, 0.3) is 5.56 Å². The molecule has 2 N–H and O–H groups in total. The van der Waals surface area contributed by atoms with Gasteiger partial charge < -0.3 is 19.8 Å². The van der Waals surface area contributed by atoms with Gasteiger partial charge in [-0.05, 0) is 24.1 Å². The Kier molecular flexibility index (Phi) is 6.99. The average Bonchev–Trinajstić information content (AvgIpc) is 2.76. The van der Waals surface area contributed by atoms with E-state index in [9.17, 15) is 19.2 Å². The molecule has 3 aromatic rings. The Balaban J connectivity index is 1.39. The van der Waals surface area contributed by atoms with Crippen LogP contribution in [0.5, 0.6) is 0 Å². The molecule has 0 aliphatic carbocycles. The van der Waals surface area contributed by atoms with Crippen LogP contribution in [0.15, 0.2) is 64.2 Å². The number of esters is 1. The van der Waals surface area contributed by atoms with Crippen molar-refractivity contribution in [2.75, 3.05) is 13.2 Å². The zero-order valence-electron chi connectivity index (χ0n) is 16.1. The van der Waals surface area contributed by atoms with Crippen molar-refractivity contribution in [1.82, 2.24) is 14.9 Å². The molecule has 9 heteroatoms. The lowest BCUT2D eigenvalue weighted by molar-refractivity contribution is -0.142. The Morgan fingerprint density at radius 1 is 0.967 bits per heavy atom. The van der Waals surface area contributed by atoms with E-state index in [1.165, 1.54) is 0 Å². The molecule has 0 fully saturated rings. The Labute approximate surface area is 171 Å². The lowest BCUT2D eigenvalue weighted by Crippen LogP contribution is -2.35. The molecule has 30 heavy (non-hydrogen) atoms. The Morgan fingerprint density at radius 2 is 1.70 bits per heavy atom. The number of nitrogens with zero attached hydrogens (tertiary/aromatic N) is 1. The second-order valence-electron chi connectivity index (χ2n) is 6.42. The van der Waals surface area contributed by atoms with Gasteiger partial charge in [0, 0.05) is 6.54 Å². The molecule has 0 aliphatic rings. The van der Waals surface area contributed by atoms with Crippen molar-refractivity contribution in [3.8, 4) is 0 Å². The standard InChI is InChI=1S/C21H21N3O6/c25-18(13-22-21(28)30-14-15-7-2-1-3-8-15)29-12-6-11-24-19(26)16-9-4-5-10-17(16)23-20(24)27/h1-5,7-10H,6,11-14H2,(H,22,28)(H,23,27). The monoisotopic (exact) mass is 411 g/mol. The number of para-hydroxylation sites is 1. The summed E-state index contributed by atoms with van der Waals surface area (Å²) in [6.07, 6.45) is -0.462. The molecule has 0 saturated carbocycles. The van der Waals surface area contributed by atoms with Crippen LogP contribution in [0.2, 0.25) is 0 Å². The third kappa shape index (κ3) is 5.57. The van der Waals surface area contributed by atoms with Crippen LogP contribution in [0.3, 0.4) is 0 Å². The molecule has 1 heterocycles. The minimum absolute atomic E-state index is 0.00170. The maximum absolute atomic E-state index is 12.4. The van der Waals surface area contributed by atoms with E-state index in [4.69, 9.17) is 9.47 Å². The summed E-state index contributed by atoms with van der Waals surface area (Å²) in [5.74, 6) is -0.647. The van der Waals surface area contributed by atoms with Gasteiger partial charge in [0.05, 0.1) is 17.5 Å². The fourth-order valence-electron chi connectivity index (χ4n) is 2.78. The first-order valence-electron chi connectivity index (χ1n) is 9.36. The molecule has 0 spiro atoms. The Hall–Kier alpha value is -3.88. The number of carbonyl (C=O) groups is 2. The molecule has 2 aromatic carbocycles. The van der Waals surface area contributed by atoms with E-state index in [1.807, 2.05) is 30.3 Å².